The Morgan fingerprint density at radius 3 is 2.62 bits per heavy atom. The van der Waals surface area contributed by atoms with E-state index in [4.69, 9.17) is 0 Å². The van der Waals surface area contributed by atoms with Gasteiger partial charge in [0.25, 0.3) is 0 Å². The second-order valence-electron chi connectivity index (χ2n) is 6.36. The molecule has 2 amide bonds. The molecule has 1 aromatic carbocycles. The van der Waals surface area contributed by atoms with Gasteiger partial charge in [-0.3, -0.25) is 9.48 Å². The minimum Gasteiger partial charge on any atom is -0.481 e. The third-order valence-corrected chi connectivity index (χ3v) is 4.50. The smallest absolute Gasteiger partial charge is 0.321 e. The van der Waals surface area contributed by atoms with E-state index in [1.165, 1.54) is 4.90 Å². The summed E-state index contributed by atoms with van der Waals surface area (Å²) in [6.07, 6.45) is 2.06. The number of nitrogens with one attached hydrogen (secondary N) is 1. The van der Waals surface area contributed by atoms with Crippen LogP contribution in [0, 0.1) is 5.41 Å². The minimum atomic E-state index is -0.880. The predicted molar refractivity (Wildman–Crippen MR) is 89.6 cm³/mol. The monoisotopic (exact) mass is 328 g/mol. The molecule has 0 spiro atoms. The summed E-state index contributed by atoms with van der Waals surface area (Å²) in [5.41, 5.74) is 1.49. The van der Waals surface area contributed by atoms with Gasteiger partial charge in [0, 0.05) is 25.7 Å². The molecule has 0 aliphatic carbocycles. The summed E-state index contributed by atoms with van der Waals surface area (Å²) in [5.74, 6) is -0.871. The number of carbonyl (C=O) groups excluding carboxylic acids is 1. The number of hydrogen-bond acceptors (Lipinski definition) is 3. The van der Waals surface area contributed by atoms with Crippen molar-refractivity contribution in [1.82, 2.24) is 14.7 Å². The summed E-state index contributed by atoms with van der Waals surface area (Å²) in [4.78, 5) is 25.4. The first-order valence-corrected chi connectivity index (χ1v) is 7.77. The Morgan fingerprint density at radius 1 is 1.29 bits per heavy atom. The van der Waals surface area contributed by atoms with Crippen molar-refractivity contribution >= 4 is 17.7 Å². The van der Waals surface area contributed by atoms with E-state index in [1.807, 2.05) is 37.4 Å². The van der Waals surface area contributed by atoms with Gasteiger partial charge >= 0.3 is 12.0 Å². The summed E-state index contributed by atoms with van der Waals surface area (Å²) >= 11 is 0. The summed E-state index contributed by atoms with van der Waals surface area (Å²) < 4.78 is 1.70. The highest BCUT2D eigenvalue weighted by Crippen LogP contribution is 2.32. The van der Waals surface area contributed by atoms with Crippen LogP contribution in [0.2, 0.25) is 0 Å². The normalized spacial score (nSPS) is 20.2. The zero-order valence-electron chi connectivity index (χ0n) is 13.7. The molecule has 2 aromatic rings. The number of hydrogen-bond donors (Lipinski definition) is 2. The van der Waals surface area contributed by atoms with Gasteiger partial charge in [0.05, 0.1) is 23.0 Å². The lowest BCUT2D eigenvalue weighted by atomic mass is 9.90. The van der Waals surface area contributed by atoms with Gasteiger partial charge in [-0.25, -0.2) is 4.79 Å². The molecule has 1 aromatic heterocycles. The quantitative estimate of drug-likeness (QED) is 0.906. The number of anilines is 1. The van der Waals surface area contributed by atoms with Crippen LogP contribution in [0.15, 0.2) is 36.5 Å². The Balaban J connectivity index is 1.78. The number of nitrogens with zero attached hydrogens (tertiary/aromatic N) is 3. The highest BCUT2D eigenvalue weighted by Gasteiger charge is 2.42. The molecule has 7 heteroatoms. The number of aliphatic carboxylic acids is 1. The van der Waals surface area contributed by atoms with Crippen molar-refractivity contribution < 1.29 is 14.7 Å². The van der Waals surface area contributed by atoms with Gasteiger partial charge in [0.2, 0.25) is 0 Å². The van der Waals surface area contributed by atoms with Crippen LogP contribution >= 0.6 is 0 Å². The molecule has 1 saturated heterocycles. The number of urea groups is 1. The lowest BCUT2D eigenvalue weighted by molar-refractivity contribution is -0.146. The molecule has 7 nitrogen and oxygen atoms in total. The van der Waals surface area contributed by atoms with Crippen LogP contribution in [0.3, 0.4) is 0 Å². The van der Waals surface area contributed by atoms with Crippen molar-refractivity contribution in [2.24, 2.45) is 12.5 Å². The van der Waals surface area contributed by atoms with Crippen molar-refractivity contribution in [2.45, 2.75) is 13.3 Å². The second kappa shape index (κ2) is 5.99. The van der Waals surface area contributed by atoms with Crippen LogP contribution in [0.25, 0.3) is 11.3 Å². The van der Waals surface area contributed by atoms with Gasteiger partial charge in [-0.05, 0) is 13.3 Å². The van der Waals surface area contributed by atoms with Crippen LogP contribution < -0.4 is 5.32 Å². The van der Waals surface area contributed by atoms with Crippen molar-refractivity contribution in [1.29, 1.82) is 0 Å². The summed E-state index contributed by atoms with van der Waals surface area (Å²) in [7, 11) is 1.81. The zero-order valence-corrected chi connectivity index (χ0v) is 13.7. The highest BCUT2D eigenvalue weighted by molar-refractivity contribution is 5.94. The molecule has 0 saturated carbocycles. The standard InChI is InChI=1S/C17H20N4O3/c1-17(15(22)23)8-9-21(11-17)16(24)19-13-10-18-20(2)14(13)12-6-4-3-5-7-12/h3-7,10H,8-9,11H2,1-2H3,(H,19,24)(H,22,23). The van der Waals surface area contributed by atoms with Crippen molar-refractivity contribution in [2.75, 3.05) is 18.4 Å². The van der Waals surface area contributed by atoms with Crippen LogP contribution in [-0.2, 0) is 11.8 Å². The number of likely N-dealkylation sites (tertiary alicyclic amines) is 1. The fraction of sp³-hybridized carbons (Fsp3) is 0.353. The number of rotatable bonds is 3. The Morgan fingerprint density at radius 2 is 2.00 bits per heavy atom. The molecule has 2 N–H and O–H groups in total. The first-order chi connectivity index (χ1) is 11.4. The Labute approximate surface area is 139 Å². The summed E-state index contributed by atoms with van der Waals surface area (Å²) in [6, 6.07) is 9.37. The van der Waals surface area contributed by atoms with Crippen LogP contribution in [0.4, 0.5) is 10.5 Å². The van der Waals surface area contributed by atoms with E-state index in [1.54, 1.807) is 17.8 Å². The molecule has 0 bridgehead atoms. The lowest BCUT2D eigenvalue weighted by Crippen LogP contribution is -2.37. The largest absolute Gasteiger partial charge is 0.481 e. The molecule has 24 heavy (non-hydrogen) atoms. The first-order valence-electron chi connectivity index (χ1n) is 7.77. The molecule has 3 rings (SSSR count). The van der Waals surface area contributed by atoms with Crippen molar-refractivity contribution in [3.05, 3.63) is 36.5 Å². The maximum atomic E-state index is 12.5. The van der Waals surface area contributed by atoms with Gasteiger partial charge in [-0.2, -0.15) is 5.10 Å². The summed E-state index contributed by atoms with van der Waals surface area (Å²) in [5, 5.41) is 16.4. The van der Waals surface area contributed by atoms with E-state index in [-0.39, 0.29) is 12.6 Å². The third-order valence-electron chi connectivity index (χ3n) is 4.50. The highest BCUT2D eigenvalue weighted by atomic mass is 16.4. The van der Waals surface area contributed by atoms with Crippen LogP contribution in [-0.4, -0.2) is 44.9 Å². The number of amides is 2. The Hall–Kier alpha value is -2.83. The molecule has 126 valence electrons. The maximum absolute atomic E-state index is 12.5. The molecule has 1 atom stereocenters. The number of aromatic nitrogens is 2. The van der Waals surface area contributed by atoms with Crippen molar-refractivity contribution in [3.8, 4) is 11.3 Å². The minimum absolute atomic E-state index is 0.203. The van der Waals surface area contributed by atoms with E-state index in [0.717, 1.165) is 11.3 Å². The van der Waals surface area contributed by atoms with E-state index in [0.29, 0.717) is 18.7 Å². The molecule has 2 heterocycles. The number of aryl methyl sites for hydroxylation is 1. The summed E-state index contributed by atoms with van der Waals surface area (Å²) in [6.45, 7) is 2.30. The fourth-order valence-corrected chi connectivity index (χ4v) is 2.97. The molecule has 1 unspecified atom stereocenters. The number of benzene rings is 1. The average molecular weight is 328 g/mol. The van der Waals surface area contributed by atoms with E-state index in [2.05, 4.69) is 10.4 Å². The second-order valence-corrected chi connectivity index (χ2v) is 6.36. The molecule has 0 radical (unpaired) electrons. The van der Waals surface area contributed by atoms with Crippen molar-refractivity contribution in [3.63, 3.8) is 0 Å². The molecular formula is C17H20N4O3. The predicted octanol–water partition coefficient (Wildman–Crippen LogP) is 2.42. The van der Waals surface area contributed by atoms with E-state index in [9.17, 15) is 14.7 Å². The number of carboxylic acid groups (broad SMARTS) is 1. The maximum Gasteiger partial charge on any atom is 0.321 e. The average Bonchev–Trinajstić information content (AvgIpc) is 3.13. The number of carbonyl (C=O) groups is 2. The third kappa shape index (κ3) is 2.84. The molecule has 1 aliphatic rings. The Kier molecular flexibility index (Phi) is 4.01. The van der Waals surface area contributed by atoms with Gasteiger partial charge in [0.1, 0.15) is 0 Å². The molecule has 1 aliphatic heterocycles. The zero-order chi connectivity index (χ0) is 17.3. The van der Waals surface area contributed by atoms with E-state index < -0.39 is 11.4 Å². The first kappa shape index (κ1) is 16.0. The number of carboxylic acids is 1. The molecule has 1 fully saturated rings. The Bertz CT molecular complexity index is 771. The van der Waals surface area contributed by atoms with Crippen LogP contribution in [0.1, 0.15) is 13.3 Å². The van der Waals surface area contributed by atoms with E-state index >= 15 is 0 Å². The topological polar surface area (TPSA) is 87.5 Å². The van der Waals surface area contributed by atoms with Gasteiger partial charge in [0.15, 0.2) is 0 Å². The SMILES string of the molecule is Cn1ncc(NC(=O)N2CCC(C)(C(=O)O)C2)c1-c1ccccc1. The lowest BCUT2D eigenvalue weighted by Gasteiger charge is -2.20. The fourth-order valence-electron chi connectivity index (χ4n) is 2.97. The van der Waals surface area contributed by atoms with Gasteiger partial charge in [-0.1, -0.05) is 30.3 Å². The van der Waals surface area contributed by atoms with Crippen LogP contribution in [0.5, 0.6) is 0 Å². The van der Waals surface area contributed by atoms with Gasteiger partial charge < -0.3 is 15.3 Å². The molecular weight excluding hydrogens is 308 g/mol. The van der Waals surface area contributed by atoms with Gasteiger partial charge in [-0.15, -0.1) is 0 Å².